The molecule has 2 aromatic rings. The first-order valence-electron chi connectivity index (χ1n) is 10.7. The van der Waals surface area contributed by atoms with E-state index in [0.717, 1.165) is 11.3 Å². The van der Waals surface area contributed by atoms with Gasteiger partial charge in [0.05, 0.1) is 5.56 Å². The predicted octanol–water partition coefficient (Wildman–Crippen LogP) is 2.54. The number of hydrogen-bond donors (Lipinski definition) is 2. The van der Waals surface area contributed by atoms with Gasteiger partial charge in [0.2, 0.25) is 11.8 Å². The molecule has 1 atom stereocenters. The number of aryl methyl sites for hydroxylation is 2. The van der Waals surface area contributed by atoms with Crippen molar-refractivity contribution in [2.45, 2.75) is 52.1 Å². The summed E-state index contributed by atoms with van der Waals surface area (Å²) in [5.41, 5.74) is 2.71. The second-order valence-electron chi connectivity index (χ2n) is 8.21. The van der Waals surface area contributed by atoms with Gasteiger partial charge in [-0.05, 0) is 49.9 Å². The van der Waals surface area contributed by atoms with Gasteiger partial charge < -0.3 is 15.5 Å². The minimum Gasteiger partial charge on any atom is -0.355 e. The maximum atomic E-state index is 14.1. The summed E-state index contributed by atoms with van der Waals surface area (Å²) in [5.74, 6) is -0.394. The van der Waals surface area contributed by atoms with Crippen molar-refractivity contribution in [3.63, 3.8) is 0 Å². The lowest BCUT2D eigenvalue weighted by atomic mass is 10.0. The summed E-state index contributed by atoms with van der Waals surface area (Å²) < 4.78 is 14.1. The number of nitrogens with zero attached hydrogens (tertiary/aromatic N) is 3. The Balaban J connectivity index is 1.64. The monoisotopic (exact) mass is 437 g/mol. The molecule has 1 aromatic heterocycles. The summed E-state index contributed by atoms with van der Waals surface area (Å²) in [6.45, 7) is 6.44. The number of anilines is 1. The van der Waals surface area contributed by atoms with Crippen molar-refractivity contribution in [3.05, 3.63) is 58.5 Å². The smallest absolute Gasteiger partial charge is 0.243 e. The van der Waals surface area contributed by atoms with Gasteiger partial charge in [0, 0.05) is 38.2 Å². The van der Waals surface area contributed by atoms with E-state index in [1.54, 1.807) is 18.2 Å². The SMILES string of the molecule is CC(=O)N[C@@H](Cc1ccccc1F)C(=O)NC1CCN(c2nc(C)cc(C)c2C#N)CC1. The third kappa shape index (κ3) is 5.61. The van der Waals surface area contributed by atoms with Crippen molar-refractivity contribution in [2.24, 2.45) is 0 Å². The van der Waals surface area contributed by atoms with E-state index in [-0.39, 0.29) is 24.3 Å². The summed E-state index contributed by atoms with van der Waals surface area (Å²) in [5, 5.41) is 15.2. The zero-order valence-electron chi connectivity index (χ0n) is 18.6. The molecule has 0 unspecified atom stereocenters. The van der Waals surface area contributed by atoms with Gasteiger partial charge in [-0.15, -0.1) is 0 Å². The molecule has 0 spiro atoms. The first-order chi connectivity index (χ1) is 15.3. The van der Waals surface area contributed by atoms with Gasteiger partial charge in [-0.25, -0.2) is 9.37 Å². The zero-order valence-corrected chi connectivity index (χ0v) is 18.6. The Hall–Kier alpha value is -3.47. The molecular formula is C24H28FN5O2. The van der Waals surface area contributed by atoms with Gasteiger partial charge in [0.15, 0.2) is 0 Å². The van der Waals surface area contributed by atoms with E-state index in [1.807, 2.05) is 19.9 Å². The molecule has 1 aliphatic rings. The van der Waals surface area contributed by atoms with E-state index in [0.29, 0.717) is 42.9 Å². The Morgan fingerprint density at radius 2 is 1.97 bits per heavy atom. The third-order valence-electron chi connectivity index (χ3n) is 5.65. The highest BCUT2D eigenvalue weighted by Crippen LogP contribution is 2.25. The van der Waals surface area contributed by atoms with Crippen LogP contribution in [0.4, 0.5) is 10.2 Å². The Labute approximate surface area is 187 Å². The van der Waals surface area contributed by atoms with E-state index in [2.05, 4.69) is 26.6 Å². The molecule has 3 rings (SSSR count). The van der Waals surface area contributed by atoms with Gasteiger partial charge in [-0.2, -0.15) is 5.26 Å². The molecule has 0 aliphatic carbocycles. The lowest BCUT2D eigenvalue weighted by molar-refractivity contribution is -0.128. The minimum absolute atomic E-state index is 0.0768. The van der Waals surface area contributed by atoms with Crippen LogP contribution in [0.3, 0.4) is 0 Å². The van der Waals surface area contributed by atoms with Crippen LogP contribution in [0.5, 0.6) is 0 Å². The number of benzene rings is 1. The summed E-state index contributed by atoms with van der Waals surface area (Å²) in [6.07, 6.45) is 1.44. The molecule has 2 N–H and O–H groups in total. The van der Waals surface area contributed by atoms with Crippen molar-refractivity contribution in [3.8, 4) is 6.07 Å². The topological polar surface area (TPSA) is 98.1 Å². The van der Waals surface area contributed by atoms with E-state index in [9.17, 15) is 19.2 Å². The molecule has 2 amide bonds. The number of pyridine rings is 1. The van der Waals surface area contributed by atoms with Crippen LogP contribution in [0.1, 0.15) is 42.1 Å². The minimum atomic E-state index is -0.853. The number of amides is 2. The highest BCUT2D eigenvalue weighted by atomic mass is 19.1. The number of nitriles is 1. The van der Waals surface area contributed by atoms with E-state index < -0.39 is 11.9 Å². The Morgan fingerprint density at radius 3 is 2.59 bits per heavy atom. The number of hydrogen-bond acceptors (Lipinski definition) is 5. The predicted molar refractivity (Wildman–Crippen MR) is 120 cm³/mol. The van der Waals surface area contributed by atoms with Gasteiger partial charge >= 0.3 is 0 Å². The Morgan fingerprint density at radius 1 is 1.28 bits per heavy atom. The molecule has 7 nitrogen and oxygen atoms in total. The maximum absolute atomic E-state index is 14.1. The molecule has 2 heterocycles. The van der Waals surface area contributed by atoms with Crippen molar-refractivity contribution in [1.29, 1.82) is 5.26 Å². The highest BCUT2D eigenvalue weighted by molar-refractivity contribution is 5.87. The number of carbonyl (C=O) groups is 2. The number of nitrogens with one attached hydrogen (secondary N) is 2. The maximum Gasteiger partial charge on any atom is 0.243 e. The second-order valence-corrected chi connectivity index (χ2v) is 8.21. The van der Waals surface area contributed by atoms with Crippen LogP contribution in [0.25, 0.3) is 0 Å². The fourth-order valence-electron chi connectivity index (χ4n) is 4.06. The molecule has 1 aliphatic heterocycles. The number of halogens is 1. The van der Waals surface area contributed by atoms with Crippen LogP contribution in [-0.4, -0.2) is 42.0 Å². The zero-order chi connectivity index (χ0) is 23.3. The fraction of sp³-hybridized carbons (Fsp3) is 0.417. The second kappa shape index (κ2) is 10.2. The molecule has 1 fully saturated rings. The molecule has 32 heavy (non-hydrogen) atoms. The van der Waals surface area contributed by atoms with Crippen molar-refractivity contribution in [1.82, 2.24) is 15.6 Å². The van der Waals surface area contributed by atoms with Crippen molar-refractivity contribution >= 4 is 17.6 Å². The standard InChI is InChI=1S/C24H28FN5O2/c1-15-12-16(2)27-23(20(15)14-26)30-10-8-19(9-11-30)29-24(32)22(28-17(3)31)13-18-6-4-5-7-21(18)25/h4-7,12,19,22H,8-11,13H2,1-3H3,(H,28,31)(H,29,32)/t22-/m0/s1. The quantitative estimate of drug-likeness (QED) is 0.724. The van der Waals surface area contributed by atoms with E-state index >= 15 is 0 Å². The van der Waals surface area contributed by atoms with Crippen LogP contribution >= 0.6 is 0 Å². The van der Waals surface area contributed by atoms with Crippen LogP contribution in [-0.2, 0) is 16.0 Å². The average molecular weight is 438 g/mol. The van der Waals surface area contributed by atoms with Gasteiger partial charge in [-0.1, -0.05) is 18.2 Å². The lowest BCUT2D eigenvalue weighted by Crippen LogP contribution is -2.52. The number of piperidine rings is 1. The average Bonchev–Trinajstić information content (AvgIpc) is 2.74. The number of aromatic nitrogens is 1. The number of rotatable bonds is 6. The normalized spacial score (nSPS) is 15.0. The van der Waals surface area contributed by atoms with Gasteiger partial charge in [0.25, 0.3) is 0 Å². The first kappa shape index (κ1) is 23.2. The molecule has 168 valence electrons. The lowest BCUT2D eigenvalue weighted by Gasteiger charge is -2.34. The van der Waals surface area contributed by atoms with E-state index in [4.69, 9.17) is 0 Å². The largest absolute Gasteiger partial charge is 0.355 e. The molecule has 1 aromatic carbocycles. The number of carbonyl (C=O) groups excluding carboxylic acids is 2. The van der Waals surface area contributed by atoms with Crippen LogP contribution in [0.15, 0.2) is 30.3 Å². The van der Waals surface area contributed by atoms with Crippen LogP contribution in [0.2, 0.25) is 0 Å². The molecular weight excluding hydrogens is 409 g/mol. The van der Waals surface area contributed by atoms with Crippen molar-refractivity contribution < 1.29 is 14.0 Å². The van der Waals surface area contributed by atoms with Crippen molar-refractivity contribution in [2.75, 3.05) is 18.0 Å². The summed E-state index contributed by atoms with van der Waals surface area (Å²) in [7, 11) is 0. The molecule has 0 saturated carbocycles. The molecule has 8 heteroatoms. The molecule has 0 radical (unpaired) electrons. The summed E-state index contributed by atoms with van der Waals surface area (Å²) >= 11 is 0. The van der Waals surface area contributed by atoms with Crippen LogP contribution in [0, 0.1) is 31.0 Å². The fourth-order valence-corrected chi connectivity index (χ4v) is 4.06. The summed E-state index contributed by atoms with van der Waals surface area (Å²) in [4.78, 5) is 31.1. The van der Waals surface area contributed by atoms with Gasteiger partial charge in [0.1, 0.15) is 23.7 Å². The molecule has 0 bridgehead atoms. The third-order valence-corrected chi connectivity index (χ3v) is 5.65. The molecule has 1 saturated heterocycles. The highest BCUT2D eigenvalue weighted by Gasteiger charge is 2.27. The summed E-state index contributed by atoms with van der Waals surface area (Å²) in [6, 6.07) is 9.45. The van der Waals surface area contributed by atoms with Crippen LogP contribution < -0.4 is 15.5 Å². The first-order valence-corrected chi connectivity index (χ1v) is 10.7. The Bertz CT molecular complexity index is 1040. The van der Waals surface area contributed by atoms with Gasteiger partial charge in [-0.3, -0.25) is 9.59 Å². The Kier molecular flexibility index (Phi) is 7.41. The van der Waals surface area contributed by atoms with E-state index in [1.165, 1.54) is 13.0 Å².